The molecule has 1 aromatic carbocycles. The van der Waals surface area contributed by atoms with E-state index >= 15 is 0 Å². The number of hydrogen-bond acceptors (Lipinski definition) is 2. The number of carbonyl (C=O) groups excluding carboxylic acids is 1. The number of aryl methyl sites for hydroxylation is 2. The summed E-state index contributed by atoms with van der Waals surface area (Å²) in [5.74, 6) is 0.219. The van der Waals surface area contributed by atoms with Gasteiger partial charge in [-0.15, -0.1) is 0 Å². The molecule has 0 aromatic heterocycles. The van der Waals surface area contributed by atoms with E-state index in [0.717, 1.165) is 37.9 Å². The van der Waals surface area contributed by atoms with Crippen LogP contribution in [0.5, 0.6) is 0 Å². The average molecular weight is 272 g/mol. The molecule has 20 heavy (non-hydrogen) atoms. The normalized spacial score (nSPS) is 19.4. The second kappa shape index (κ2) is 5.57. The molecule has 3 rings (SSSR count). The highest BCUT2D eigenvalue weighted by Crippen LogP contribution is 2.24. The van der Waals surface area contributed by atoms with E-state index in [-0.39, 0.29) is 5.91 Å². The predicted octanol–water partition coefficient (Wildman–Crippen LogP) is 2.34. The third kappa shape index (κ3) is 2.59. The molecule has 2 aliphatic rings. The van der Waals surface area contributed by atoms with Crippen molar-refractivity contribution in [2.75, 3.05) is 27.2 Å². The molecule has 1 saturated heterocycles. The fourth-order valence-electron chi connectivity index (χ4n) is 3.47. The topological polar surface area (TPSA) is 23.6 Å². The van der Waals surface area contributed by atoms with E-state index in [1.165, 1.54) is 24.0 Å². The first-order valence-electron chi connectivity index (χ1n) is 7.72. The minimum atomic E-state index is 0.219. The van der Waals surface area contributed by atoms with Crippen molar-refractivity contribution in [2.24, 2.45) is 0 Å². The van der Waals surface area contributed by atoms with Crippen molar-refractivity contribution in [2.45, 2.75) is 38.1 Å². The summed E-state index contributed by atoms with van der Waals surface area (Å²) in [7, 11) is 4.26. The highest BCUT2D eigenvalue weighted by Gasteiger charge is 2.25. The molecule has 108 valence electrons. The lowest BCUT2D eigenvalue weighted by Crippen LogP contribution is -2.44. The van der Waals surface area contributed by atoms with Gasteiger partial charge < -0.3 is 9.80 Å². The largest absolute Gasteiger partial charge is 0.339 e. The van der Waals surface area contributed by atoms with Gasteiger partial charge in [0.2, 0.25) is 0 Å². The Morgan fingerprint density at radius 2 is 1.85 bits per heavy atom. The molecule has 1 aliphatic carbocycles. The highest BCUT2D eigenvalue weighted by atomic mass is 16.2. The molecule has 1 aromatic rings. The third-order valence-electron chi connectivity index (χ3n) is 4.83. The first kappa shape index (κ1) is 13.6. The molecule has 0 unspecified atom stereocenters. The maximum Gasteiger partial charge on any atom is 0.253 e. The van der Waals surface area contributed by atoms with Gasteiger partial charge >= 0.3 is 0 Å². The molecule has 3 nitrogen and oxygen atoms in total. The van der Waals surface area contributed by atoms with Crippen LogP contribution in [0.1, 0.15) is 40.7 Å². The Hall–Kier alpha value is -1.35. The van der Waals surface area contributed by atoms with Crippen molar-refractivity contribution in [1.29, 1.82) is 0 Å². The summed E-state index contributed by atoms with van der Waals surface area (Å²) in [4.78, 5) is 16.9. The van der Waals surface area contributed by atoms with Crippen molar-refractivity contribution in [1.82, 2.24) is 9.80 Å². The second-order valence-corrected chi connectivity index (χ2v) is 6.32. The fourth-order valence-corrected chi connectivity index (χ4v) is 3.47. The minimum Gasteiger partial charge on any atom is -0.339 e. The van der Waals surface area contributed by atoms with Crippen LogP contribution in [0.4, 0.5) is 0 Å². The van der Waals surface area contributed by atoms with E-state index < -0.39 is 0 Å². The smallest absolute Gasteiger partial charge is 0.253 e. The van der Waals surface area contributed by atoms with E-state index in [9.17, 15) is 4.79 Å². The van der Waals surface area contributed by atoms with Crippen LogP contribution in [-0.2, 0) is 12.8 Å². The van der Waals surface area contributed by atoms with Gasteiger partial charge in [0.05, 0.1) is 0 Å². The highest BCUT2D eigenvalue weighted by molar-refractivity contribution is 5.94. The number of fused-ring (bicyclic) bond motifs is 1. The monoisotopic (exact) mass is 272 g/mol. The van der Waals surface area contributed by atoms with Gasteiger partial charge in [-0.05, 0) is 69.5 Å². The van der Waals surface area contributed by atoms with Gasteiger partial charge in [-0.3, -0.25) is 4.79 Å². The van der Waals surface area contributed by atoms with Gasteiger partial charge in [0.1, 0.15) is 0 Å². The lowest BCUT2D eigenvalue weighted by Gasteiger charge is -2.35. The standard InChI is InChI=1S/C17H24N2O/c1-18(2)16-8-10-19(11-9-16)17(20)15-7-6-13-4-3-5-14(13)12-15/h6-7,12,16H,3-5,8-11H2,1-2H3. The quantitative estimate of drug-likeness (QED) is 0.825. The predicted molar refractivity (Wildman–Crippen MR) is 81.1 cm³/mol. The third-order valence-corrected chi connectivity index (χ3v) is 4.83. The van der Waals surface area contributed by atoms with Crippen LogP contribution < -0.4 is 0 Å². The Labute approximate surface area is 121 Å². The van der Waals surface area contributed by atoms with Gasteiger partial charge in [0.15, 0.2) is 0 Å². The Bertz CT molecular complexity index is 502. The van der Waals surface area contributed by atoms with Crippen LogP contribution in [-0.4, -0.2) is 48.9 Å². The summed E-state index contributed by atoms with van der Waals surface area (Å²) < 4.78 is 0. The lowest BCUT2D eigenvalue weighted by atomic mass is 10.0. The Balaban J connectivity index is 1.68. The van der Waals surface area contributed by atoms with Gasteiger partial charge in [-0.2, -0.15) is 0 Å². The van der Waals surface area contributed by atoms with E-state index in [4.69, 9.17) is 0 Å². The Morgan fingerprint density at radius 1 is 1.15 bits per heavy atom. The van der Waals surface area contributed by atoms with Crippen LogP contribution in [0.3, 0.4) is 0 Å². The number of benzene rings is 1. The van der Waals surface area contributed by atoms with E-state index in [2.05, 4.69) is 31.1 Å². The summed E-state index contributed by atoms with van der Waals surface area (Å²) >= 11 is 0. The zero-order chi connectivity index (χ0) is 14.1. The molecule has 0 N–H and O–H groups in total. The summed E-state index contributed by atoms with van der Waals surface area (Å²) in [5, 5.41) is 0. The van der Waals surface area contributed by atoms with E-state index in [0.29, 0.717) is 6.04 Å². The maximum atomic E-state index is 12.6. The van der Waals surface area contributed by atoms with E-state index in [1.54, 1.807) is 0 Å². The minimum absolute atomic E-state index is 0.219. The van der Waals surface area contributed by atoms with Crippen LogP contribution in [0.2, 0.25) is 0 Å². The molecular weight excluding hydrogens is 248 g/mol. The van der Waals surface area contributed by atoms with Crippen molar-refractivity contribution in [3.05, 3.63) is 34.9 Å². The van der Waals surface area contributed by atoms with E-state index in [1.807, 2.05) is 11.0 Å². The molecule has 0 atom stereocenters. The van der Waals surface area contributed by atoms with Crippen molar-refractivity contribution in [3.63, 3.8) is 0 Å². The maximum absolute atomic E-state index is 12.6. The number of piperidine rings is 1. The molecule has 1 aliphatic heterocycles. The van der Waals surface area contributed by atoms with Gasteiger partial charge in [0.25, 0.3) is 5.91 Å². The number of amides is 1. The molecule has 0 saturated carbocycles. The lowest BCUT2D eigenvalue weighted by molar-refractivity contribution is 0.0663. The number of carbonyl (C=O) groups is 1. The van der Waals surface area contributed by atoms with Gasteiger partial charge in [-0.1, -0.05) is 6.07 Å². The fraction of sp³-hybridized carbons (Fsp3) is 0.588. The number of rotatable bonds is 2. The first-order chi connectivity index (χ1) is 9.65. The zero-order valence-electron chi connectivity index (χ0n) is 12.6. The molecule has 1 amide bonds. The van der Waals surface area contributed by atoms with Gasteiger partial charge in [0, 0.05) is 24.7 Å². The second-order valence-electron chi connectivity index (χ2n) is 6.32. The Morgan fingerprint density at radius 3 is 2.55 bits per heavy atom. The molecule has 0 bridgehead atoms. The average Bonchev–Trinajstić information content (AvgIpc) is 2.94. The number of hydrogen-bond donors (Lipinski definition) is 0. The van der Waals surface area contributed by atoms with Crippen molar-refractivity contribution < 1.29 is 4.79 Å². The molecular formula is C17H24N2O. The summed E-state index contributed by atoms with van der Waals surface area (Å²) in [6.45, 7) is 1.78. The molecule has 0 spiro atoms. The van der Waals surface area contributed by atoms with Crippen LogP contribution in [0.25, 0.3) is 0 Å². The molecule has 3 heteroatoms. The summed E-state index contributed by atoms with van der Waals surface area (Å²) in [6, 6.07) is 6.93. The van der Waals surface area contributed by atoms with Crippen LogP contribution >= 0.6 is 0 Å². The number of nitrogens with zero attached hydrogens (tertiary/aromatic N) is 2. The Kier molecular flexibility index (Phi) is 3.79. The van der Waals surface area contributed by atoms with Crippen molar-refractivity contribution >= 4 is 5.91 Å². The molecule has 1 heterocycles. The number of likely N-dealkylation sites (tertiary alicyclic amines) is 1. The van der Waals surface area contributed by atoms with Crippen LogP contribution in [0.15, 0.2) is 18.2 Å². The zero-order valence-corrected chi connectivity index (χ0v) is 12.6. The summed E-state index contributed by atoms with van der Waals surface area (Å²) in [5.41, 5.74) is 3.71. The van der Waals surface area contributed by atoms with Crippen LogP contribution in [0, 0.1) is 0 Å². The molecule has 0 radical (unpaired) electrons. The van der Waals surface area contributed by atoms with Gasteiger partial charge in [-0.25, -0.2) is 0 Å². The first-order valence-corrected chi connectivity index (χ1v) is 7.72. The SMILES string of the molecule is CN(C)C1CCN(C(=O)c2ccc3c(c2)CCC3)CC1. The van der Waals surface area contributed by atoms with Crippen molar-refractivity contribution in [3.8, 4) is 0 Å². The summed E-state index contributed by atoms with van der Waals surface area (Å²) in [6.07, 6.45) is 5.73. The molecule has 1 fully saturated rings.